The number of nitrogens with one attached hydrogen (secondary N) is 2. The summed E-state index contributed by atoms with van der Waals surface area (Å²) >= 11 is 0. The quantitative estimate of drug-likeness (QED) is 0.857. The van der Waals surface area contributed by atoms with Crippen molar-refractivity contribution in [3.05, 3.63) is 17.5 Å². The van der Waals surface area contributed by atoms with E-state index in [4.69, 9.17) is 0 Å². The smallest absolute Gasteiger partial charge is 0.216 e. The third kappa shape index (κ3) is 3.64. The Labute approximate surface area is 127 Å². The SMILES string of the molecule is Cc1[nH]ncc1CNC1CCN(S(=O)(=O)C(C)C)CC1C. The Morgan fingerprint density at radius 2 is 2.24 bits per heavy atom. The zero-order valence-corrected chi connectivity index (χ0v) is 14.1. The van der Waals surface area contributed by atoms with Crippen LogP contribution < -0.4 is 5.32 Å². The van der Waals surface area contributed by atoms with Gasteiger partial charge in [0.25, 0.3) is 0 Å². The molecule has 1 aliphatic heterocycles. The summed E-state index contributed by atoms with van der Waals surface area (Å²) < 4.78 is 26.1. The van der Waals surface area contributed by atoms with Crippen LogP contribution in [0.4, 0.5) is 0 Å². The molecule has 2 unspecified atom stereocenters. The molecule has 2 rings (SSSR count). The van der Waals surface area contributed by atoms with E-state index in [-0.39, 0.29) is 5.25 Å². The van der Waals surface area contributed by atoms with Crippen LogP contribution >= 0.6 is 0 Å². The number of aryl methyl sites for hydroxylation is 1. The summed E-state index contributed by atoms with van der Waals surface area (Å²) in [5.41, 5.74) is 2.24. The maximum atomic E-state index is 12.2. The van der Waals surface area contributed by atoms with Crippen molar-refractivity contribution in [2.45, 2.75) is 52.0 Å². The van der Waals surface area contributed by atoms with Gasteiger partial charge in [0.1, 0.15) is 0 Å². The highest BCUT2D eigenvalue weighted by atomic mass is 32.2. The summed E-state index contributed by atoms with van der Waals surface area (Å²) in [6, 6.07) is 0.345. The first-order valence-electron chi connectivity index (χ1n) is 7.53. The van der Waals surface area contributed by atoms with E-state index in [1.54, 1.807) is 18.2 Å². The molecule has 0 bridgehead atoms. The van der Waals surface area contributed by atoms with E-state index in [2.05, 4.69) is 22.4 Å². The summed E-state index contributed by atoms with van der Waals surface area (Å²) in [5.74, 6) is 0.305. The zero-order chi connectivity index (χ0) is 15.6. The van der Waals surface area contributed by atoms with Gasteiger partial charge in [-0.2, -0.15) is 5.10 Å². The number of aromatic amines is 1. The van der Waals surface area contributed by atoms with E-state index >= 15 is 0 Å². The molecule has 6 nitrogen and oxygen atoms in total. The molecule has 2 heterocycles. The Morgan fingerprint density at radius 1 is 1.52 bits per heavy atom. The van der Waals surface area contributed by atoms with Crippen LogP contribution in [0.5, 0.6) is 0 Å². The summed E-state index contributed by atoms with van der Waals surface area (Å²) in [6.45, 7) is 9.58. The van der Waals surface area contributed by atoms with Crippen LogP contribution in [0, 0.1) is 12.8 Å². The van der Waals surface area contributed by atoms with E-state index in [0.29, 0.717) is 25.0 Å². The van der Waals surface area contributed by atoms with E-state index in [0.717, 1.165) is 18.7 Å². The highest BCUT2D eigenvalue weighted by Gasteiger charge is 2.33. The normalized spacial score (nSPS) is 24.6. The van der Waals surface area contributed by atoms with Crippen LogP contribution in [0.1, 0.15) is 38.4 Å². The Morgan fingerprint density at radius 3 is 2.76 bits per heavy atom. The minimum absolute atomic E-state index is 0.305. The lowest BCUT2D eigenvalue weighted by molar-refractivity contribution is 0.218. The monoisotopic (exact) mass is 314 g/mol. The fourth-order valence-corrected chi connectivity index (χ4v) is 4.13. The number of H-pyrrole nitrogens is 1. The topological polar surface area (TPSA) is 78.1 Å². The highest BCUT2D eigenvalue weighted by molar-refractivity contribution is 7.89. The van der Waals surface area contributed by atoms with Crippen molar-refractivity contribution in [2.24, 2.45) is 5.92 Å². The number of aromatic nitrogens is 2. The molecule has 120 valence electrons. The molecule has 0 spiro atoms. The van der Waals surface area contributed by atoms with Crippen molar-refractivity contribution in [2.75, 3.05) is 13.1 Å². The molecule has 1 aliphatic rings. The van der Waals surface area contributed by atoms with Gasteiger partial charge in [0.05, 0.1) is 11.4 Å². The van der Waals surface area contributed by atoms with Crippen molar-refractivity contribution in [3.63, 3.8) is 0 Å². The Bertz CT molecular complexity index is 567. The van der Waals surface area contributed by atoms with Gasteiger partial charge in [-0.25, -0.2) is 12.7 Å². The largest absolute Gasteiger partial charge is 0.309 e. The minimum Gasteiger partial charge on any atom is -0.309 e. The molecule has 2 N–H and O–H groups in total. The van der Waals surface area contributed by atoms with E-state index in [1.807, 2.05) is 13.1 Å². The summed E-state index contributed by atoms with van der Waals surface area (Å²) in [5, 5.41) is 10.1. The molecular formula is C14H26N4O2S. The van der Waals surface area contributed by atoms with E-state index in [1.165, 1.54) is 5.56 Å². The maximum Gasteiger partial charge on any atom is 0.216 e. The van der Waals surface area contributed by atoms with Crippen LogP contribution in [-0.2, 0) is 16.6 Å². The second kappa shape index (κ2) is 6.46. The molecule has 21 heavy (non-hydrogen) atoms. The first-order valence-corrected chi connectivity index (χ1v) is 9.04. The van der Waals surface area contributed by atoms with Crippen LogP contribution in [-0.4, -0.2) is 47.3 Å². The second-order valence-corrected chi connectivity index (χ2v) is 8.71. The number of hydrogen-bond acceptors (Lipinski definition) is 4. The van der Waals surface area contributed by atoms with Crippen LogP contribution in [0.3, 0.4) is 0 Å². The molecule has 0 amide bonds. The van der Waals surface area contributed by atoms with Crippen molar-refractivity contribution in [1.82, 2.24) is 19.8 Å². The molecule has 1 aromatic heterocycles. The van der Waals surface area contributed by atoms with Crippen LogP contribution in [0.2, 0.25) is 0 Å². The summed E-state index contributed by atoms with van der Waals surface area (Å²) in [6.07, 6.45) is 2.69. The molecule has 7 heteroatoms. The van der Waals surface area contributed by atoms with Crippen molar-refractivity contribution in [1.29, 1.82) is 0 Å². The second-order valence-electron chi connectivity index (χ2n) is 6.23. The average Bonchev–Trinajstić information content (AvgIpc) is 2.82. The average molecular weight is 314 g/mol. The molecule has 0 saturated carbocycles. The van der Waals surface area contributed by atoms with Gasteiger partial charge in [-0.05, 0) is 33.1 Å². The molecule has 1 aromatic rings. The van der Waals surface area contributed by atoms with E-state index in [9.17, 15) is 8.42 Å². The molecule has 1 saturated heterocycles. The van der Waals surface area contributed by atoms with Gasteiger partial charge >= 0.3 is 0 Å². The number of piperidine rings is 1. The summed E-state index contributed by atoms with van der Waals surface area (Å²) in [4.78, 5) is 0. The van der Waals surface area contributed by atoms with Crippen LogP contribution in [0.25, 0.3) is 0 Å². The predicted molar refractivity (Wildman–Crippen MR) is 83.4 cm³/mol. The highest BCUT2D eigenvalue weighted by Crippen LogP contribution is 2.22. The number of hydrogen-bond donors (Lipinski definition) is 2. The number of sulfonamides is 1. The maximum absolute atomic E-state index is 12.2. The van der Waals surface area contributed by atoms with Crippen molar-refractivity contribution < 1.29 is 8.42 Å². The van der Waals surface area contributed by atoms with Gasteiger partial charge in [0.2, 0.25) is 10.0 Å². The van der Waals surface area contributed by atoms with Crippen LogP contribution in [0.15, 0.2) is 6.20 Å². The van der Waals surface area contributed by atoms with Gasteiger partial charge in [0.15, 0.2) is 0 Å². The molecular weight excluding hydrogens is 288 g/mol. The Kier molecular flexibility index (Phi) is 5.06. The fourth-order valence-electron chi connectivity index (χ4n) is 2.73. The molecule has 2 atom stereocenters. The molecule has 0 aliphatic carbocycles. The Balaban J connectivity index is 1.91. The fraction of sp³-hybridized carbons (Fsp3) is 0.786. The molecule has 0 aromatic carbocycles. The van der Waals surface area contributed by atoms with Gasteiger partial charge in [-0.3, -0.25) is 5.10 Å². The van der Waals surface area contributed by atoms with Gasteiger partial charge in [0, 0.05) is 36.9 Å². The number of rotatable bonds is 5. The minimum atomic E-state index is -3.13. The van der Waals surface area contributed by atoms with Gasteiger partial charge in [-0.1, -0.05) is 6.92 Å². The summed E-state index contributed by atoms with van der Waals surface area (Å²) in [7, 11) is -3.13. The lowest BCUT2D eigenvalue weighted by Gasteiger charge is -2.37. The third-order valence-electron chi connectivity index (χ3n) is 4.31. The predicted octanol–water partition coefficient (Wildman–Crippen LogP) is 1.26. The van der Waals surface area contributed by atoms with Crippen molar-refractivity contribution in [3.8, 4) is 0 Å². The molecule has 0 radical (unpaired) electrons. The van der Waals surface area contributed by atoms with E-state index < -0.39 is 10.0 Å². The molecule has 1 fully saturated rings. The first-order chi connectivity index (χ1) is 9.82. The van der Waals surface area contributed by atoms with Gasteiger partial charge < -0.3 is 5.32 Å². The lowest BCUT2D eigenvalue weighted by Crippen LogP contribution is -2.51. The first kappa shape index (κ1) is 16.5. The zero-order valence-electron chi connectivity index (χ0n) is 13.3. The van der Waals surface area contributed by atoms with Crippen molar-refractivity contribution >= 4 is 10.0 Å². The Hall–Kier alpha value is -0.920. The standard InChI is InChI=1S/C14H26N4O2S/c1-10(2)21(19,20)18-6-5-14(11(3)9-18)15-7-13-8-16-17-12(13)4/h8,10-11,14-15H,5-7,9H2,1-4H3,(H,16,17). The third-order valence-corrected chi connectivity index (χ3v) is 6.56. The van der Waals surface area contributed by atoms with Gasteiger partial charge in [-0.15, -0.1) is 0 Å². The number of nitrogens with zero attached hydrogens (tertiary/aromatic N) is 2. The lowest BCUT2D eigenvalue weighted by atomic mass is 9.95.